The molecule has 0 atom stereocenters. The Bertz CT molecular complexity index is 443. The van der Waals surface area contributed by atoms with E-state index in [1.807, 2.05) is 0 Å². The smallest absolute Gasteiger partial charge is 0.0378 e. The first-order valence-electron chi connectivity index (χ1n) is 4.49. The number of aryl methyl sites for hydroxylation is 1. The minimum absolute atomic E-state index is 0.919. The van der Waals surface area contributed by atoms with Crippen molar-refractivity contribution in [2.75, 3.05) is 5.73 Å². The number of hydrogen-bond acceptors (Lipinski definition) is 2. The molecule has 0 aliphatic rings. The van der Waals surface area contributed by atoms with Gasteiger partial charge in [0.1, 0.15) is 0 Å². The summed E-state index contributed by atoms with van der Waals surface area (Å²) in [4.78, 5) is 0. The molecule has 2 N–H and O–H groups in total. The molecule has 0 radical (unpaired) electrons. The van der Waals surface area contributed by atoms with Crippen LogP contribution in [-0.2, 0) is 6.42 Å². The van der Waals surface area contributed by atoms with Gasteiger partial charge in [0.15, 0.2) is 0 Å². The lowest BCUT2D eigenvalue weighted by molar-refractivity contribution is 1.14. The van der Waals surface area contributed by atoms with Gasteiger partial charge in [-0.15, -0.1) is 11.3 Å². The fourth-order valence-corrected chi connectivity index (χ4v) is 2.78. The van der Waals surface area contributed by atoms with Gasteiger partial charge in [0, 0.05) is 10.4 Å². The molecule has 0 fully saturated rings. The van der Waals surface area contributed by atoms with Gasteiger partial charge in [-0.25, -0.2) is 0 Å². The van der Waals surface area contributed by atoms with Crippen LogP contribution in [0.3, 0.4) is 0 Å². The molecule has 2 aromatic rings. The van der Waals surface area contributed by atoms with Gasteiger partial charge in [-0.05, 0) is 47.4 Å². The van der Waals surface area contributed by atoms with Gasteiger partial charge in [-0.3, -0.25) is 0 Å². The van der Waals surface area contributed by atoms with Crippen LogP contribution in [0.4, 0.5) is 5.69 Å². The van der Waals surface area contributed by atoms with Crippen molar-refractivity contribution in [2.45, 2.75) is 20.3 Å². The quantitative estimate of drug-likeness (QED) is 0.687. The molecule has 0 amide bonds. The third-order valence-corrected chi connectivity index (χ3v) is 3.51. The van der Waals surface area contributed by atoms with Crippen molar-refractivity contribution in [2.24, 2.45) is 0 Å². The molecule has 1 aromatic heterocycles. The Hall–Kier alpha value is -1.02. The largest absolute Gasteiger partial charge is 0.398 e. The van der Waals surface area contributed by atoms with Crippen LogP contribution in [0.2, 0.25) is 0 Å². The van der Waals surface area contributed by atoms with Gasteiger partial charge >= 0.3 is 0 Å². The summed E-state index contributed by atoms with van der Waals surface area (Å²) in [5.41, 5.74) is 9.50. The van der Waals surface area contributed by atoms with E-state index in [0.717, 1.165) is 12.1 Å². The van der Waals surface area contributed by atoms with Gasteiger partial charge < -0.3 is 5.73 Å². The number of thiophene rings is 1. The van der Waals surface area contributed by atoms with Crippen LogP contribution < -0.4 is 5.73 Å². The van der Waals surface area contributed by atoms with Crippen molar-refractivity contribution in [1.82, 2.24) is 0 Å². The van der Waals surface area contributed by atoms with Gasteiger partial charge in [0.2, 0.25) is 0 Å². The third kappa shape index (κ3) is 1.22. The minimum Gasteiger partial charge on any atom is -0.398 e. The molecule has 0 aliphatic heterocycles. The van der Waals surface area contributed by atoms with Crippen LogP contribution in [0.1, 0.15) is 18.1 Å². The van der Waals surface area contributed by atoms with Gasteiger partial charge in [-0.1, -0.05) is 6.92 Å². The van der Waals surface area contributed by atoms with Crippen molar-refractivity contribution >= 4 is 27.1 Å². The van der Waals surface area contributed by atoms with E-state index in [2.05, 4.69) is 31.4 Å². The molecule has 0 aliphatic carbocycles. The lowest BCUT2D eigenvalue weighted by Crippen LogP contribution is -1.94. The lowest BCUT2D eigenvalue weighted by atomic mass is 10.0. The monoisotopic (exact) mass is 191 g/mol. The maximum absolute atomic E-state index is 5.93. The number of benzene rings is 1. The molecule has 0 saturated carbocycles. The van der Waals surface area contributed by atoms with E-state index >= 15 is 0 Å². The lowest BCUT2D eigenvalue weighted by Gasteiger charge is -2.07. The molecule has 1 heterocycles. The summed E-state index contributed by atoms with van der Waals surface area (Å²) < 4.78 is 1.40. The predicted molar refractivity (Wildman–Crippen MR) is 60.4 cm³/mol. The fraction of sp³-hybridized carbons (Fsp3) is 0.273. The molecule has 0 spiro atoms. The summed E-state index contributed by atoms with van der Waals surface area (Å²) in [7, 11) is 0. The van der Waals surface area contributed by atoms with Crippen LogP contribution >= 0.6 is 11.3 Å². The molecule has 2 heteroatoms. The van der Waals surface area contributed by atoms with E-state index in [9.17, 15) is 0 Å². The summed E-state index contributed by atoms with van der Waals surface area (Å²) >= 11 is 1.81. The Morgan fingerprint density at radius 2 is 2.23 bits per heavy atom. The van der Waals surface area contributed by atoms with Crippen molar-refractivity contribution in [3.8, 4) is 0 Å². The third-order valence-electron chi connectivity index (χ3n) is 2.52. The number of nitrogens with two attached hydrogens (primary N) is 1. The highest BCUT2D eigenvalue weighted by molar-refractivity contribution is 7.17. The number of rotatable bonds is 1. The Labute approximate surface area is 82.2 Å². The molecular formula is C11H13NS. The van der Waals surface area contributed by atoms with E-state index in [1.165, 1.54) is 21.2 Å². The number of anilines is 1. The van der Waals surface area contributed by atoms with Gasteiger partial charge in [0.05, 0.1) is 0 Å². The number of nitrogen functional groups attached to an aromatic ring is 1. The molecule has 0 saturated heterocycles. The van der Waals surface area contributed by atoms with Crippen molar-refractivity contribution in [3.63, 3.8) is 0 Å². The average molecular weight is 191 g/mol. The first-order valence-corrected chi connectivity index (χ1v) is 5.37. The van der Waals surface area contributed by atoms with Crippen molar-refractivity contribution in [1.29, 1.82) is 0 Å². The molecule has 0 bridgehead atoms. The van der Waals surface area contributed by atoms with Crippen LogP contribution in [0, 0.1) is 6.92 Å². The predicted octanol–water partition coefficient (Wildman–Crippen LogP) is 3.35. The zero-order valence-corrected chi connectivity index (χ0v) is 8.74. The first kappa shape index (κ1) is 8.57. The SMILES string of the molecule is CCc1c(C)c(N)cc2ccsc12. The summed E-state index contributed by atoms with van der Waals surface area (Å²) in [5.74, 6) is 0. The van der Waals surface area contributed by atoms with Crippen molar-refractivity contribution in [3.05, 3.63) is 28.6 Å². The maximum Gasteiger partial charge on any atom is 0.0378 e. The van der Waals surface area contributed by atoms with Crippen LogP contribution in [0.25, 0.3) is 10.1 Å². The highest BCUT2D eigenvalue weighted by Gasteiger charge is 2.07. The van der Waals surface area contributed by atoms with E-state index in [0.29, 0.717) is 0 Å². The maximum atomic E-state index is 5.93. The molecule has 1 aromatic carbocycles. The van der Waals surface area contributed by atoms with Crippen LogP contribution in [0.15, 0.2) is 17.5 Å². The second-order valence-electron chi connectivity index (χ2n) is 3.26. The summed E-state index contributed by atoms with van der Waals surface area (Å²) in [6, 6.07) is 4.20. The van der Waals surface area contributed by atoms with E-state index < -0.39 is 0 Å². The zero-order valence-electron chi connectivity index (χ0n) is 7.92. The molecule has 0 unspecified atom stereocenters. The Morgan fingerprint density at radius 3 is 2.92 bits per heavy atom. The van der Waals surface area contributed by atoms with Crippen LogP contribution in [0.5, 0.6) is 0 Å². The minimum atomic E-state index is 0.919. The fourth-order valence-electron chi connectivity index (χ4n) is 1.72. The second-order valence-corrected chi connectivity index (χ2v) is 4.18. The van der Waals surface area contributed by atoms with E-state index in [-0.39, 0.29) is 0 Å². The summed E-state index contributed by atoms with van der Waals surface area (Å²) in [6.45, 7) is 4.29. The van der Waals surface area contributed by atoms with E-state index in [4.69, 9.17) is 5.73 Å². The Balaban J connectivity index is 2.87. The summed E-state index contributed by atoms with van der Waals surface area (Å²) in [6.07, 6.45) is 1.06. The standard InChI is InChI=1S/C11H13NS/c1-3-9-7(2)10(12)6-8-4-5-13-11(8)9/h4-6H,3,12H2,1-2H3. The van der Waals surface area contributed by atoms with Crippen molar-refractivity contribution < 1.29 is 0 Å². The molecule has 1 nitrogen and oxygen atoms in total. The van der Waals surface area contributed by atoms with Gasteiger partial charge in [0.25, 0.3) is 0 Å². The Morgan fingerprint density at radius 1 is 1.46 bits per heavy atom. The Kier molecular flexibility index (Phi) is 2.00. The second kappa shape index (κ2) is 3.04. The molecule has 68 valence electrons. The average Bonchev–Trinajstić information content (AvgIpc) is 2.54. The highest BCUT2D eigenvalue weighted by Crippen LogP contribution is 2.31. The molecule has 2 rings (SSSR count). The molecule has 13 heavy (non-hydrogen) atoms. The number of fused-ring (bicyclic) bond motifs is 1. The topological polar surface area (TPSA) is 26.0 Å². The number of hydrogen-bond donors (Lipinski definition) is 1. The van der Waals surface area contributed by atoms with E-state index in [1.54, 1.807) is 11.3 Å². The summed E-state index contributed by atoms with van der Waals surface area (Å²) in [5, 5.41) is 3.41. The highest BCUT2D eigenvalue weighted by atomic mass is 32.1. The molecular weight excluding hydrogens is 178 g/mol. The zero-order chi connectivity index (χ0) is 9.42. The first-order chi connectivity index (χ1) is 6.24. The van der Waals surface area contributed by atoms with Crippen LogP contribution in [-0.4, -0.2) is 0 Å². The van der Waals surface area contributed by atoms with Gasteiger partial charge in [-0.2, -0.15) is 0 Å². The normalized spacial score (nSPS) is 10.9.